The lowest BCUT2D eigenvalue weighted by molar-refractivity contribution is -0.157. The molecule has 1 atom stereocenters. The van der Waals surface area contributed by atoms with Gasteiger partial charge in [0.05, 0.1) is 10.6 Å². The van der Waals surface area contributed by atoms with Crippen molar-refractivity contribution in [3.63, 3.8) is 0 Å². The molecule has 1 saturated heterocycles. The van der Waals surface area contributed by atoms with Crippen molar-refractivity contribution in [1.82, 2.24) is 10.2 Å². The molecule has 0 bridgehead atoms. The van der Waals surface area contributed by atoms with Gasteiger partial charge in [0.2, 0.25) is 5.91 Å². The molecule has 1 heterocycles. The van der Waals surface area contributed by atoms with Crippen LogP contribution in [-0.2, 0) is 4.79 Å². The monoisotopic (exact) mass is 349 g/mol. The Hall–Kier alpha value is -1.96. The highest BCUT2D eigenvalue weighted by Gasteiger charge is 2.39. The number of halogens is 4. The summed E-state index contributed by atoms with van der Waals surface area (Å²) in [6.07, 6.45) is -4.15. The largest absolute Gasteiger partial charge is 0.406 e. The zero-order valence-electron chi connectivity index (χ0n) is 12.2. The summed E-state index contributed by atoms with van der Waals surface area (Å²) < 4.78 is 37.1. The third kappa shape index (κ3) is 4.28. The van der Waals surface area contributed by atoms with Crippen molar-refractivity contribution in [2.24, 2.45) is 0 Å². The van der Waals surface area contributed by atoms with Gasteiger partial charge in [0.15, 0.2) is 0 Å². The number of carbonyl (C=O) groups excluding carboxylic acids is 2. The molecule has 1 aliphatic heterocycles. The molecule has 2 amide bonds. The second-order valence-electron chi connectivity index (χ2n) is 5.13. The molecule has 0 radical (unpaired) electrons. The van der Waals surface area contributed by atoms with Crippen LogP contribution >= 0.6 is 11.6 Å². The first-order chi connectivity index (χ1) is 10.7. The number of carbonyl (C=O) groups is 2. The van der Waals surface area contributed by atoms with Crippen LogP contribution in [-0.4, -0.2) is 49.1 Å². The molecule has 2 rings (SSSR count). The van der Waals surface area contributed by atoms with E-state index in [0.29, 0.717) is 5.69 Å². The predicted molar refractivity (Wildman–Crippen MR) is 79.5 cm³/mol. The number of hydrogen-bond acceptors (Lipinski definition) is 3. The molecule has 126 valence electrons. The van der Waals surface area contributed by atoms with Crippen LogP contribution in [0.1, 0.15) is 16.8 Å². The van der Waals surface area contributed by atoms with Crippen LogP contribution in [0.5, 0.6) is 0 Å². The van der Waals surface area contributed by atoms with Crippen molar-refractivity contribution in [2.75, 3.05) is 25.5 Å². The zero-order chi connectivity index (χ0) is 17.2. The Labute approximate surface area is 135 Å². The summed E-state index contributed by atoms with van der Waals surface area (Å²) >= 11 is 6.00. The molecule has 0 aromatic heterocycles. The van der Waals surface area contributed by atoms with E-state index < -0.39 is 24.7 Å². The summed E-state index contributed by atoms with van der Waals surface area (Å²) in [6, 6.07) is 3.76. The quantitative estimate of drug-likeness (QED) is 0.876. The normalized spacial score (nSPS) is 18.2. The first-order valence-electron chi connectivity index (χ1n) is 6.85. The molecule has 0 spiro atoms. The standard InChI is InChI=1S/C14H15ClF3N3O2/c1-19-12(22)9-3-2-8(6-10(9)15)20-11-4-5-21(13(11)23)7-14(16,17)18/h2-3,6,11,20H,4-5,7H2,1H3,(H,19,22)/t11-/m1/s1. The average molecular weight is 350 g/mol. The second kappa shape index (κ2) is 6.66. The topological polar surface area (TPSA) is 61.4 Å². The van der Waals surface area contributed by atoms with Crippen LogP contribution in [0.3, 0.4) is 0 Å². The third-order valence-corrected chi connectivity index (χ3v) is 3.76. The van der Waals surface area contributed by atoms with E-state index in [9.17, 15) is 22.8 Å². The number of hydrogen-bond donors (Lipinski definition) is 2. The predicted octanol–water partition coefficient (Wildman–Crippen LogP) is 2.27. The molecule has 1 fully saturated rings. The van der Waals surface area contributed by atoms with Gasteiger partial charge in [0.1, 0.15) is 12.6 Å². The minimum Gasteiger partial charge on any atom is -0.374 e. The Morgan fingerprint density at radius 1 is 1.43 bits per heavy atom. The lowest BCUT2D eigenvalue weighted by atomic mass is 10.1. The molecular formula is C14H15ClF3N3O2. The first-order valence-corrected chi connectivity index (χ1v) is 7.23. The number of benzene rings is 1. The van der Waals surface area contributed by atoms with Crippen LogP contribution in [0, 0.1) is 0 Å². The van der Waals surface area contributed by atoms with Crippen molar-refractivity contribution < 1.29 is 22.8 Å². The molecule has 0 unspecified atom stereocenters. The fourth-order valence-corrected chi connectivity index (χ4v) is 2.64. The van der Waals surface area contributed by atoms with Crippen LogP contribution in [0.4, 0.5) is 18.9 Å². The van der Waals surface area contributed by atoms with E-state index in [0.717, 1.165) is 4.90 Å². The summed E-state index contributed by atoms with van der Waals surface area (Å²) in [5, 5.41) is 5.48. The summed E-state index contributed by atoms with van der Waals surface area (Å²) in [5.74, 6) is -0.955. The fourth-order valence-electron chi connectivity index (χ4n) is 2.37. The molecule has 1 aromatic rings. The number of amides is 2. The summed E-state index contributed by atoms with van der Waals surface area (Å²) in [4.78, 5) is 24.3. The smallest absolute Gasteiger partial charge is 0.374 e. The maximum absolute atomic E-state index is 12.4. The van der Waals surface area contributed by atoms with Gasteiger partial charge in [-0.1, -0.05) is 11.6 Å². The first kappa shape index (κ1) is 17.4. The Balaban J connectivity index is 2.04. The van der Waals surface area contributed by atoms with E-state index in [1.54, 1.807) is 6.07 Å². The molecular weight excluding hydrogens is 335 g/mol. The summed E-state index contributed by atoms with van der Waals surface area (Å²) in [6.45, 7) is -1.21. The summed E-state index contributed by atoms with van der Waals surface area (Å²) in [7, 11) is 1.47. The number of nitrogens with one attached hydrogen (secondary N) is 2. The minimum absolute atomic E-state index is 0.0417. The SMILES string of the molecule is CNC(=O)c1ccc(N[C@@H]2CCN(CC(F)(F)F)C2=O)cc1Cl. The Morgan fingerprint density at radius 3 is 2.70 bits per heavy atom. The fraction of sp³-hybridized carbons (Fsp3) is 0.429. The Kier molecular flexibility index (Phi) is 5.03. The Bertz CT molecular complexity index is 622. The van der Waals surface area contributed by atoms with Crippen molar-refractivity contribution in [1.29, 1.82) is 0 Å². The van der Waals surface area contributed by atoms with Gasteiger partial charge in [-0.05, 0) is 24.6 Å². The highest BCUT2D eigenvalue weighted by atomic mass is 35.5. The molecule has 0 saturated carbocycles. The van der Waals surface area contributed by atoms with Gasteiger partial charge in [-0.15, -0.1) is 0 Å². The maximum Gasteiger partial charge on any atom is 0.406 e. The van der Waals surface area contributed by atoms with Crippen molar-refractivity contribution >= 4 is 29.1 Å². The van der Waals surface area contributed by atoms with Gasteiger partial charge < -0.3 is 15.5 Å². The van der Waals surface area contributed by atoms with Crippen LogP contribution in [0.15, 0.2) is 18.2 Å². The van der Waals surface area contributed by atoms with E-state index in [4.69, 9.17) is 11.6 Å². The van der Waals surface area contributed by atoms with Gasteiger partial charge in [0, 0.05) is 19.3 Å². The number of rotatable bonds is 4. The number of alkyl halides is 3. The zero-order valence-corrected chi connectivity index (χ0v) is 13.0. The lowest BCUT2D eigenvalue weighted by Gasteiger charge is -2.19. The number of likely N-dealkylation sites (tertiary alicyclic amines) is 1. The molecule has 23 heavy (non-hydrogen) atoms. The van der Waals surface area contributed by atoms with E-state index in [1.165, 1.54) is 19.2 Å². The second-order valence-corrected chi connectivity index (χ2v) is 5.54. The van der Waals surface area contributed by atoms with Crippen molar-refractivity contribution in [2.45, 2.75) is 18.6 Å². The molecule has 1 aliphatic rings. The lowest BCUT2D eigenvalue weighted by Crippen LogP contribution is -2.39. The van der Waals surface area contributed by atoms with E-state index in [1.807, 2.05) is 0 Å². The number of nitrogens with zero attached hydrogens (tertiary/aromatic N) is 1. The Morgan fingerprint density at radius 2 is 2.13 bits per heavy atom. The molecule has 5 nitrogen and oxygen atoms in total. The molecule has 2 N–H and O–H groups in total. The highest BCUT2D eigenvalue weighted by molar-refractivity contribution is 6.34. The van der Waals surface area contributed by atoms with Gasteiger partial charge in [-0.25, -0.2) is 0 Å². The van der Waals surface area contributed by atoms with Gasteiger partial charge in [0.25, 0.3) is 5.91 Å². The van der Waals surface area contributed by atoms with E-state index >= 15 is 0 Å². The van der Waals surface area contributed by atoms with Crippen LogP contribution in [0.25, 0.3) is 0 Å². The minimum atomic E-state index is -4.41. The molecule has 0 aliphatic carbocycles. The number of anilines is 1. The van der Waals surface area contributed by atoms with Crippen LogP contribution < -0.4 is 10.6 Å². The third-order valence-electron chi connectivity index (χ3n) is 3.45. The van der Waals surface area contributed by atoms with Crippen LogP contribution in [0.2, 0.25) is 5.02 Å². The highest BCUT2D eigenvalue weighted by Crippen LogP contribution is 2.25. The van der Waals surface area contributed by atoms with Gasteiger partial charge in [-0.3, -0.25) is 9.59 Å². The molecule has 1 aromatic carbocycles. The molecule has 9 heteroatoms. The maximum atomic E-state index is 12.4. The average Bonchev–Trinajstić information content (AvgIpc) is 2.78. The van der Waals surface area contributed by atoms with Gasteiger partial charge in [-0.2, -0.15) is 13.2 Å². The van der Waals surface area contributed by atoms with Crippen molar-refractivity contribution in [3.05, 3.63) is 28.8 Å². The summed E-state index contributed by atoms with van der Waals surface area (Å²) in [5.41, 5.74) is 0.742. The van der Waals surface area contributed by atoms with E-state index in [2.05, 4.69) is 10.6 Å². The van der Waals surface area contributed by atoms with Crippen molar-refractivity contribution in [3.8, 4) is 0 Å². The van der Waals surface area contributed by atoms with E-state index in [-0.39, 0.29) is 29.5 Å². The van der Waals surface area contributed by atoms with Gasteiger partial charge >= 0.3 is 6.18 Å².